The highest BCUT2D eigenvalue weighted by atomic mass is 19.1. The van der Waals surface area contributed by atoms with E-state index in [1.54, 1.807) is 36.4 Å². The zero-order valence-corrected chi connectivity index (χ0v) is 11.1. The van der Waals surface area contributed by atoms with Gasteiger partial charge in [0.05, 0.1) is 0 Å². The lowest BCUT2D eigenvalue weighted by atomic mass is 10.2. The fourth-order valence-electron chi connectivity index (χ4n) is 1.69. The van der Waals surface area contributed by atoms with Gasteiger partial charge in [0.1, 0.15) is 11.6 Å². The first-order valence-corrected chi connectivity index (χ1v) is 6.35. The summed E-state index contributed by atoms with van der Waals surface area (Å²) in [5.41, 5.74) is 0.762. The van der Waals surface area contributed by atoms with Crippen LogP contribution in [0, 0.1) is 11.6 Å². The Balaban J connectivity index is 1.83. The Hall–Kier alpha value is -2.69. The Labute approximate surface area is 121 Å². The largest absolute Gasteiger partial charge is 0.334 e. The van der Waals surface area contributed by atoms with Gasteiger partial charge in [-0.05, 0) is 18.2 Å². The number of amides is 2. The van der Waals surface area contributed by atoms with Crippen LogP contribution in [0.2, 0.25) is 0 Å². The van der Waals surface area contributed by atoms with Crippen molar-refractivity contribution in [1.29, 1.82) is 0 Å². The zero-order valence-electron chi connectivity index (χ0n) is 11.1. The number of carbonyl (C=O) groups is 1. The highest BCUT2D eigenvalue weighted by molar-refractivity contribution is 5.75. The van der Waals surface area contributed by atoms with E-state index in [-0.39, 0.29) is 18.2 Å². The van der Waals surface area contributed by atoms with Gasteiger partial charge < -0.3 is 10.6 Å². The highest BCUT2D eigenvalue weighted by Crippen LogP contribution is 2.07. The van der Waals surface area contributed by atoms with Crippen LogP contribution in [-0.2, 0) is 6.54 Å². The molecule has 0 saturated carbocycles. The smallest absolute Gasteiger partial charge is 0.319 e. The number of hydrogen-bond donors (Lipinski definition) is 2. The molecule has 2 aromatic rings. The molecule has 5 heteroatoms. The number of halogens is 2. The quantitative estimate of drug-likeness (QED) is 0.889. The van der Waals surface area contributed by atoms with Crippen molar-refractivity contribution in [2.75, 3.05) is 0 Å². The van der Waals surface area contributed by atoms with Gasteiger partial charge in [-0.1, -0.05) is 36.4 Å². The normalized spacial score (nSPS) is 10.6. The van der Waals surface area contributed by atoms with Crippen LogP contribution in [0.5, 0.6) is 0 Å². The monoisotopic (exact) mass is 288 g/mol. The van der Waals surface area contributed by atoms with E-state index in [1.807, 2.05) is 0 Å². The van der Waals surface area contributed by atoms with E-state index in [0.29, 0.717) is 11.1 Å². The molecule has 0 saturated heterocycles. The van der Waals surface area contributed by atoms with Gasteiger partial charge in [0.2, 0.25) is 0 Å². The molecular formula is C16H14F2N2O. The molecule has 0 fully saturated rings. The maximum absolute atomic E-state index is 13.3. The van der Waals surface area contributed by atoms with E-state index in [1.165, 1.54) is 24.4 Å². The molecule has 2 amide bonds. The summed E-state index contributed by atoms with van der Waals surface area (Å²) < 4.78 is 26.6. The van der Waals surface area contributed by atoms with Crippen molar-refractivity contribution in [2.45, 2.75) is 6.54 Å². The summed E-state index contributed by atoms with van der Waals surface area (Å²) in [4.78, 5) is 11.5. The van der Waals surface area contributed by atoms with Crippen LogP contribution in [-0.4, -0.2) is 6.03 Å². The Bertz CT molecular complexity index is 656. The molecule has 2 rings (SSSR count). The molecule has 0 aromatic heterocycles. The molecule has 0 unspecified atom stereocenters. The average molecular weight is 288 g/mol. The molecular weight excluding hydrogens is 274 g/mol. The third-order valence-electron chi connectivity index (χ3n) is 2.78. The predicted octanol–water partition coefficient (Wildman–Crippen LogP) is 3.43. The van der Waals surface area contributed by atoms with Gasteiger partial charge in [-0.3, -0.25) is 0 Å². The first-order valence-electron chi connectivity index (χ1n) is 6.35. The maximum Gasteiger partial charge on any atom is 0.319 e. The van der Waals surface area contributed by atoms with Crippen molar-refractivity contribution in [3.8, 4) is 0 Å². The van der Waals surface area contributed by atoms with Crippen molar-refractivity contribution in [3.63, 3.8) is 0 Å². The van der Waals surface area contributed by atoms with Gasteiger partial charge in [0.25, 0.3) is 0 Å². The lowest BCUT2D eigenvalue weighted by Gasteiger charge is -2.05. The highest BCUT2D eigenvalue weighted by Gasteiger charge is 2.02. The van der Waals surface area contributed by atoms with E-state index in [4.69, 9.17) is 0 Å². The van der Waals surface area contributed by atoms with Crippen LogP contribution in [0.25, 0.3) is 6.08 Å². The molecule has 2 aromatic carbocycles. The van der Waals surface area contributed by atoms with Crippen molar-refractivity contribution in [1.82, 2.24) is 10.6 Å². The topological polar surface area (TPSA) is 41.1 Å². The van der Waals surface area contributed by atoms with Gasteiger partial charge in [0.15, 0.2) is 0 Å². The minimum Gasteiger partial charge on any atom is -0.334 e. The minimum atomic E-state index is -0.495. The summed E-state index contributed by atoms with van der Waals surface area (Å²) >= 11 is 0. The lowest BCUT2D eigenvalue weighted by Crippen LogP contribution is -2.31. The Kier molecular flexibility index (Phi) is 5.04. The number of urea groups is 1. The Morgan fingerprint density at radius 1 is 1.00 bits per heavy atom. The third kappa shape index (κ3) is 4.42. The van der Waals surface area contributed by atoms with E-state index in [2.05, 4.69) is 10.6 Å². The SMILES string of the molecule is O=C(N/C=C/c1ccccc1F)NCc1ccccc1F. The molecule has 0 bridgehead atoms. The molecule has 0 aliphatic rings. The Morgan fingerprint density at radius 2 is 1.67 bits per heavy atom. The van der Waals surface area contributed by atoms with Crippen LogP contribution in [0.3, 0.4) is 0 Å². The number of benzene rings is 2. The number of rotatable bonds is 4. The number of hydrogen-bond acceptors (Lipinski definition) is 1. The molecule has 0 atom stereocenters. The van der Waals surface area contributed by atoms with E-state index >= 15 is 0 Å². The molecule has 21 heavy (non-hydrogen) atoms. The van der Waals surface area contributed by atoms with Gasteiger partial charge in [-0.2, -0.15) is 0 Å². The molecule has 3 nitrogen and oxygen atoms in total. The third-order valence-corrected chi connectivity index (χ3v) is 2.78. The fourth-order valence-corrected chi connectivity index (χ4v) is 1.69. The van der Waals surface area contributed by atoms with Crippen LogP contribution in [0.1, 0.15) is 11.1 Å². The standard InChI is InChI=1S/C16H14F2N2O/c17-14-7-3-1-5-12(14)9-10-19-16(21)20-11-13-6-2-4-8-15(13)18/h1-10H,11H2,(H2,19,20,21)/b10-9+. The van der Waals surface area contributed by atoms with Crippen LogP contribution < -0.4 is 10.6 Å². The van der Waals surface area contributed by atoms with Crippen molar-refractivity contribution in [2.24, 2.45) is 0 Å². The van der Waals surface area contributed by atoms with Gasteiger partial charge in [0, 0.05) is 23.9 Å². The van der Waals surface area contributed by atoms with E-state index < -0.39 is 6.03 Å². The summed E-state index contributed by atoms with van der Waals surface area (Å²) in [5.74, 6) is -0.748. The second kappa shape index (κ2) is 7.19. The van der Waals surface area contributed by atoms with Crippen molar-refractivity contribution < 1.29 is 13.6 Å². The summed E-state index contributed by atoms with van der Waals surface area (Å²) in [7, 11) is 0. The summed E-state index contributed by atoms with van der Waals surface area (Å²) in [5, 5.41) is 4.93. The molecule has 2 N–H and O–H groups in total. The summed E-state index contributed by atoms with van der Waals surface area (Å²) in [6.07, 6.45) is 2.77. The van der Waals surface area contributed by atoms with Crippen LogP contribution in [0.15, 0.2) is 54.7 Å². The molecule has 108 valence electrons. The number of nitrogens with one attached hydrogen (secondary N) is 2. The van der Waals surface area contributed by atoms with Crippen LogP contribution >= 0.6 is 0 Å². The van der Waals surface area contributed by atoms with E-state index in [0.717, 1.165) is 0 Å². The fraction of sp³-hybridized carbons (Fsp3) is 0.0625. The Morgan fingerprint density at radius 3 is 2.38 bits per heavy atom. The van der Waals surface area contributed by atoms with E-state index in [9.17, 15) is 13.6 Å². The van der Waals surface area contributed by atoms with Crippen molar-refractivity contribution in [3.05, 3.63) is 77.5 Å². The first-order chi connectivity index (χ1) is 10.2. The van der Waals surface area contributed by atoms with Gasteiger partial charge in [-0.25, -0.2) is 13.6 Å². The molecule has 0 aliphatic carbocycles. The first kappa shape index (κ1) is 14.7. The summed E-state index contributed by atoms with van der Waals surface area (Å²) in [6, 6.07) is 11.9. The predicted molar refractivity (Wildman–Crippen MR) is 77.2 cm³/mol. The minimum absolute atomic E-state index is 0.0754. The zero-order chi connectivity index (χ0) is 15.1. The van der Waals surface area contributed by atoms with Crippen molar-refractivity contribution >= 4 is 12.1 Å². The number of carbonyl (C=O) groups excluding carboxylic acids is 1. The van der Waals surface area contributed by atoms with Gasteiger partial charge >= 0.3 is 6.03 Å². The average Bonchev–Trinajstić information content (AvgIpc) is 2.48. The molecule has 0 aliphatic heterocycles. The summed E-state index contributed by atoms with van der Waals surface area (Å²) in [6.45, 7) is 0.0754. The maximum atomic E-state index is 13.3. The second-order valence-corrected chi connectivity index (χ2v) is 4.27. The van der Waals surface area contributed by atoms with Crippen LogP contribution in [0.4, 0.5) is 13.6 Å². The molecule has 0 radical (unpaired) electrons. The second-order valence-electron chi connectivity index (χ2n) is 4.27. The lowest BCUT2D eigenvalue weighted by molar-refractivity contribution is 0.243. The van der Waals surface area contributed by atoms with Gasteiger partial charge in [-0.15, -0.1) is 0 Å². The molecule has 0 spiro atoms. The molecule has 0 heterocycles.